The number of para-hydroxylation sites is 1. The van der Waals surface area contributed by atoms with E-state index in [0.29, 0.717) is 25.5 Å². The van der Waals surface area contributed by atoms with Crippen molar-refractivity contribution in [2.75, 3.05) is 13.1 Å². The lowest BCUT2D eigenvalue weighted by atomic mass is 9.91. The van der Waals surface area contributed by atoms with E-state index in [1.807, 2.05) is 53.0 Å². The monoisotopic (exact) mass is 379 g/mol. The third-order valence-corrected chi connectivity index (χ3v) is 5.57. The number of likely N-dealkylation sites (tertiary alicyclic amines) is 1. The second-order valence-electron chi connectivity index (χ2n) is 7.31. The molecule has 146 valence electrons. The molecule has 4 rings (SSSR count). The number of aryl methyl sites for hydroxylation is 1. The number of piperidine rings is 1. The maximum atomic E-state index is 12.6. The molecule has 28 heavy (non-hydrogen) atoms. The summed E-state index contributed by atoms with van der Waals surface area (Å²) in [5, 5.41) is 14.7. The predicted molar refractivity (Wildman–Crippen MR) is 106 cm³/mol. The van der Waals surface area contributed by atoms with Crippen molar-refractivity contribution in [1.29, 1.82) is 0 Å². The predicted octanol–water partition coefficient (Wildman–Crippen LogP) is 2.62. The number of benzene rings is 1. The largest absolute Gasteiger partial charge is 0.385 e. The minimum absolute atomic E-state index is 0.0641. The summed E-state index contributed by atoms with van der Waals surface area (Å²) in [6.07, 6.45) is 6.25. The standard InChI is InChI=1S/C21H25N5O2/c1-25-13-10-23-20(25)19(27)15-7-11-26(12-8-15)21(28)24-14-16-6-9-22-18-5-3-2-4-17(16)18/h2-6,9-10,13,15,19,27H,7-8,11-12,14H2,1H3,(H,24,28). The minimum Gasteiger partial charge on any atom is -0.385 e. The topological polar surface area (TPSA) is 83.3 Å². The maximum absolute atomic E-state index is 12.6. The Bertz CT molecular complexity index is 957. The lowest BCUT2D eigenvalue weighted by molar-refractivity contribution is 0.0584. The lowest BCUT2D eigenvalue weighted by Gasteiger charge is -2.34. The van der Waals surface area contributed by atoms with Crippen LogP contribution in [0.1, 0.15) is 30.3 Å². The molecule has 3 heterocycles. The smallest absolute Gasteiger partial charge is 0.317 e. The summed E-state index contributed by atoms with van der Waals surface area (Å²) in [4.78, 5) is 23.0. The fourth-order valence-electron chi connectivity index (χ4n) is 3.88. The summed E-state index contributed by atoms with van der Waals surface area (Å²) in [6, 6.07) is 9.81. The van der Waals surface area contributed by atoms with E-state index in [1.54, 1.807) is 12.4 Å². The van der Waals surface area contributed by atoms with Crippen LogP contribution >= 0.6 is 0 Å². The Hall–Kier alpha value is -2.93. The number of nitrogens with one attached hydrogen (secondary N) is 1. The highest BCUT2D eigenvalue weighted by Gasteiger charge is 2.30. The van der Waals surface area contributed by atoms with E-state index in [0.717, 1.165) is 29.3 Å². The minimum atomic E-state index is -0.589. The Morgan fingerprint density at radius 1 is 1.21 bits per heavy atom. The molecule has 1 fully saturated rings. The van der Waals surface area contributed by atoms with E-state index >= 15 is 0 Å². The number of urea groups is 1. The Kier molecular flexibility index (Phi) is 5.25. The summed E-state index contributed by atoms with van der Waals surface area (Å²) >= 11 is 0. The van der Waals surface area contributed by atoms with Crippen LogP contribution in [0.4, 0.5) is 4.79 Å². The first-order valence-corrected chi connectivity index (χ1v) is 9.64. The van der Waals surface area contributed by atoms with Gasteiger partial charge < -0.3 is 19.9 Å². The van der Waals surface area contributed by atoms with Crippen molar-refractivity contribution in [2.45, 2.75) is 25.5 Å². The van der Waals surface area contributed by atoms with Gasteiger partial charge in [-0.2, -0.15) is 0 Å². The van der Waals surface area contributed by atoms with Crippen LogP contribution in [0.15, 0.2) is 48.9 Å². The number of carbonyl (C=O) groups excluding carboxylic acids is 1. The number of imidazole rings is 1. The fourth-order valence-corrected chi connectivity index (χ4v) is 3.88. The maximum Gasteiger partial charge on any atom is 0.317 e. The van der Waals surface area contributed by atoms with Gasteiger partial charge in [0.05, 0.1) is 5.52 Å². The summed E-state index contributed by atoms with van der Waals surface area (Å²) in [5.41, 5.74) is 1.98. The summed E-state index contributed by atoms with van der Waals surface area (Å²) in [5.74, 6) is 0.807. The van der Waals surface area contributed by atoms with E-state index in [2.05, 4.69) is 15.3 Å². The van der Waals surface area contributed by atoms with Gasteiger partial charge >= 0.3 is 6.03 Å². The summed E-state index contributed by atoms with van der Waals surface area (Å²) in [6.45, 7) is 1.74. The molecule has 7 heteroatoms. The number of aliphatic hydroxyl groups is 1. The van der Waals surface area contributed by atoms with Gasteiger partial charge in [-0.1, -0.05) is 18.2 Å². The zero-order chi connectivity index (χ0) is 19.5. The normalized spacial score (nSPS) is 16.3. The van der Waals surface area contributed by atoms with Crippen molar-refractivity contribution in [3.63, 3.8) is 0 Å². The van der Waals surface area contributed by atoms with E-state index in [4.69, 9.17) is 0 Å². The average Bonchev–Trinajstić information content (AvgIpc) is 3.17. The van der Waals surface area contributed by atoms with E-state index in [1.165, 1.54) is 0 Å². The summed E-state index contributed by atoms with van der Waals surface area (Å²) in [7, 11) is 1.89. The molecule has 0 bridgehead atoms. The second kappa shape index (κ2) is 7.98. The van der Waals surface area contributed by atoms with Crippen LogP contribution in [0.2, 0.25) is 0 Å². The molecule has 1 unspecified atom stereocenters. The number of hydrogen-bond donors (Lipinski definition) is 2. The van der Waals surface area contributed by atoms with Crippen molar-refractivity contribution in [1.82, 2.24) is 24.8 Å². The van der Waals surface area contributed by atoms with Crippen LogP contribution < -0.4 is 5.32 Å². The third-order valence-electron chi connectivity index (χ3n) is 5.57. The van der Waals surface area contributed by atoms with E-state index < -0.39 is 6.10 Å². The van der Waals surface area contributed by atoms with Crippen molar-refractivity contribution in [3.05, 3.63) is 60.3 Å². The number of hydrogen-bond acceptors (Lipinski definition) is 4. The average molecular weight is 379 g/mol. The van der Waals surface area contributed by atoms with Gasteiger partial charge in [0, 0.05) is 50.7 Å². The highest BCUT2D eigenvalue weighted by molar-refractivity contribution is 5.82. The first-order chi connectivity index (χ1) is 13.6. The Balaban J connectivity index is 1.32. The zero-order valence-electron chi connectivity index (χ0n) is 16.0. The van der Waals surface area contributed by atoms with Gasteiger partial charge in [0.1, 0.15) is 11.9 Å². The van der Waals surface area contributed by atoms with Gasteiger partial charge in [-0.15, -0.1) is 0 Å². The molecule has 2 amide bonds. The molecule has 0 spiro atoms. The van der Waals surface area contributed by atoms with Gasteiger partial charge in [-0.3, -0.25) is 4.98 Å². The Morgan fingerprint density at radius 3 is 2.75 bits per heavy atom. The Morgan fingerprint density at radius 2 is 2.00 bits per heavy atom. The molecule has 0 aliphatic carbocycles. The second-order valence-corrected chi connectivity index (χ2v) is 7.31. The van der Waals surface area contributed by atoms with Gasteiger partial charge in [-0.05, 0) is 36.5 Å². The number of aliphatic hydroxyl groups excluding tert-OH is 1. The molecule has 1 aliphatic rings. The van der Waals surface area contributed by atoms with E-state index in [-0.39, 0.29) is 11.9 Å². The van der Waals surface area contributed by atoms with Crippen LogP contribution in [0, 0.1) is 5.92 Å². The van der Waals surface area contributed by atoms with Crippen LogP contribution in [-0.4, -0.2) is 43.7 Å². The highest BCUT2D eigenvalue weighted by atomic mass is 16.3. The van der Waals surface area contributed by atoms with Crippen LogP contribution in [-0.2, 0) is 13.6 Å². The quantitative estimate of drug-likeness (QED) is 0.730. The van der Waals surface area contributed by atoms with Crippen LogP contribution in [0.5, 0.6) is 0 Å². The zero-order valence-corrected chi connectivity index (χ0v) is 16.0. The molecule has 2 aromatic heterocycles. The molecular weight excluding hydrogens is 354 g/mol. The lowest BCUT2D eigenvalue weighted by Crippen LogP contribution is -2.45. The molecule has 1 saturated heterocycles. The van der Waals surface area contributed by atoms with Crippen LogP contribution in [0.3, 0.4) is 0 Å². The molecule has 3 aromatic rings. The number of rotatable bonds is 4. The van der Waals surface area contributed by atoms with Gasteiger partial charge in [-0.25, -0.2) is 9.78 Å². The number of pyridine rings is 1. The fraction of sp³-hybridized carbons (Fsp3) is 0.381. The van der Waals surface area contributed by atoms with E-state index in [9.17, 15) is 9.90 Å². The molecule has 1 aliphatic heterocycles. The molecular formula is C21H25N5O2. The van der Waals surface area contributed by atoms with Gasteiger partial charge in [0.2, 0.25) is 0 Å². The number of fused-ring (bicyclic) bond motifs is 1. The van der Waals surface area contributed by atoms with Crippen molar-refractivity contribution in [2.24, 2.45) is 13.0 Å². The van der Waals surface area contributed by atoms with Crippen molar-refractivity contribution < 1.29 is 9.90 Å². The first-order valence-electron chi connectivity index (χ1n) is 9.64. The molecule has 0 saturated carbocycles. The SMILES string of the molecule is Cn1ccnc1C(O)C1CCN(C(=O)NCc2ccnc3ccccc23)CC1. The summed E-state index contributed by atoms with van der Waals surface area (Å²) < 4.78 is 1.85. The number of carbonyl (C=O) groups is 1. The number of nitrogens with zero attached hydrogens (tertiary/aromatic N) is 4. The molecule has 7 nitrogen and oxygen atoms in total. The van der Waals surface area contributed by atoms with Crippen molar-refractivity contribution in [3.8, 4) is 0 Å². The molecule has 0 radical (unpaired) electrons. The highest BCUT2D eigenvalue weighted by Crippen LogP contribution is 2.29. The van der Waals surface area contributed by atoms with Gasteiger partial charge in [0.15, 0.2) is 0 Å². The molecule has 1 aromatic carbocycles. The third kappa shape index (κ3) is 3.71. The van der Waals surface area contributed by atoms with Crippen LogP contribution in [0.25, 0.3) is 10.9 Å². The molecule has 2 N–H and O–H groups in total. The molecule has 1 atom stereocenters. The Labute approximate surface area is 164 Å². The number of aromatic nitrogens is 3. The number of amides is 2. The van der Waals surface area contributed by atoms with Gasteiger partial charge in [0.25, 0.3) is 0 Å². The van der Waals surface area contributed by atoms with Crippen molar-refractivity contribution >= 4 is 16.9 Å². The first kappa shape index (κ1) is 18.4.